The molecule has 2 amide bonds. The number of piperazine rings is 1. The van der Waals surface area contributed by atoms with Gasteiger partial charge in [0, 0.05) is 43.5 Å². The van der Waals surface area contributed by atoms with E-state index < -0.39 is 17.6 Å². The number of nitrogens with one attached hydrogen (secondary N) is 2. The molecule has 0 unspecified atom stereocenters. The Bertz CT molecular complexity index is 1260. The van der Waals surface area contributed by atoms with Crippen molar-refractivity contribution in [2.75, 3.05) is 38.1 Å². The first kappa shape index (κ1) is 25.7. The molecule has 0 bridgehead atoms. The molecule has 0 spiro atoms. The molecule has 0 radical (unpaired) electrons. The van der Waals surface area contributed by atoms with Crippen molar-refractivity contribution in [3.05, 3.63) is 64.3 Å². The average Bonchev–Trinajstić information content (AvgIpc) is 3.17. The smallest absolute Gasteiger partial charge is 0.416 e. The van der Waals surface area contributed by atoms with Crippen LogP contribution < -0.4 is 15.4 Å². The fourth-order valence-electron chi connectivity index (χ4n) is 3.84. The van der Waals surface area contributed by atoms with Gasteiger partial charge in [0.1, 0.15) is 12.4 Å². The highest BCUT2D eigenvalue weighted by Gasteiger charge is 2.31. The van der Waals surface area contributed by atoms with Crippen LogP contribution in [0.4, 0.5) is 18.9 Å². The number of aromatic nitrogens is 2. The minimum Gasteiger partial charge on any atom is -0.492 e. The molecule has 8 nitrogen and oxygen atoms in total. The maximum Gasteiger partial charge on any atom is 0.416 e. The average molecular weight is 566 g/mol. The summed E-state index contributed by atoms with van der Waals surface area (Å²) in [6, 6.07) is 9.21. The molecule has 2 N–H and O–H groups in total. The molecule has 1 saturated heterocycles. The molecule has 3 aromatic rings. The van der Waals surface area contributed by atoms with Crippen LogP contribution in [0, 0.1) is 0 Å². The minimum absolute atomic E-state index is 0.0263. The van der Waals surface area contributed by atoms with E-state index in [4.69, 9.17) is 4.74 Å². The number of hydrogen-bond donors (Lipinski definition) is 2. The summed E-state index contributed by atoms with van der Waals surface area (Å²) in [6.45, 7) is 2.51. The van der Waals surface area contributed by atoms with Crippen LogP contribution in [0.3, 0.4) is 0 Å². The third-order valence-corrected chi connectivity index (χ3v) is 6.20. The van der Waals surface area contributed by atoms with E-state index in [1.807, 2.05) is 4.90 Å². The summed E-state index contributed by atoms with van der Waals surface area (Å²) in [5.41, 5.74) is 0.682. The van der Waals surface area contributed by atoms with Gasteiger partial charge in [-0.1, -0.05) is 6.07 Å². The normalized spacial score (nSPS) is 14.4. The number of anilines is 1. The van der Waals surface area contributed by atoms with E-state index in [2.05, 4.69) is 31.7 Å². The van der Waals surface area contributed by atoms with Gasteiger partial charge in [-0.25, -0.2) is 0 Å². The van der Waals surface area contributed by atoms with E-state index in [0.717, 1.165) is 18.7 Å². The van der Waals surface area contributed by atoms with Gasteiger partial charge in [-0.2, -0.15) is 18.3 Å². The number of benzene rings is 2. The Morgan fingerprint density at radius 3 is 2.75 bits per heavy atom. The summed E-state index contributed by atoms with van der Waals surface area (Å²) < 4.78 is 47.5. The van der Waals surface area contributed by atoms with E-state index in [0.29, 0.717) is 53.4 Å². The number of alkyl halides is 3. The van der Waals surface area contributed by atoms with Crippen LogP contribution in [0.15, 0.2) is 53.1 Å². The number of hydrogen-bond acceptors (Lipinski definition) is 5. The summed E-state index contributed by atoms with van der Waals surface area (Å²) in [6.07, 6.45) is -2.93. The molecule has 2 aromatic carbocycles. The molecule has 1 aromatic heterocycles. The third-order valence-electron chi connectivity index (χ3n) is 5.62. The van der Waals surface area contributed by atoms with Crippen molar-refractivity contribution in [2.24, 2.45) is 7.05 Å². The predicted octanol–water partition coefficient (Wildman–Crippen LogP) is 3.93. The Labute approximate surface area is 213 Å². The van der Waals surface area contributed by atoms with Gasteiger partial charge in [0.05, 0.1) is 28.5 Å². The van der Waals surface area contributed by atoms with Crippen LogP contribution in [0.1, 0.15) is 15.9 Å². The number of carbonyl (C=O) groups is 2. The second-order valence-electron chi connectivity index (χ2n) is 8.18. The number of carbonyl (C=O) groups excluding carboxylic acids is 2. The van der Waals surface area contributed by atoms with Gasteiger partial charge in [-0.05, 0) is 52.3 Å². The summed E-state index contributed by atoms with van der Waals surface area (Å²) in [4.78, 5) is 26.3. The molecular weight excluding hydrogens is 543 g/mol. The van der Waals surface area contributed by atoms with Crippen LogP contribution >= 0.6 is 15.9 Å². The molecule has 12 heteroatoms. The largest absolute Gasteiger partial charge is 0.492 e. The molecule has 1 fully saturated rings. The lowest BCUT2D eigenvalue weighted by atomic mass is 10.1. The highest BCUT2D eigenvalue weighted by Crippen LogP contribution is 2.37. The third kappa shape index (κ3) is 6.05. The summed E-state index contributed by atoms with van der Waals surface area (Å²) in [5.74, 6) is -0.174. The van der Waals surface area contributed by atoms with Crippen molar-refractivity contribution in [3.8, 4) is 17.0 Å². The van der Waals surface area contributed by atoms with Gasteiger partial charge >= 0.3 is 6.18 Å². The van der Waals surface area contributed by atoms with Crippen LogP contribution in [-0.4, -0.2) is 59.3 Å². The van der Waals surface area contributed by atoms with Crippen molar-refractivity contribution in [1.82, 2.24) is 20.0 Å². The topological polar surface area (TPSA) is 88.5 Å². The molecule has 0 saturated carbocycles. The summed E-state index contributed by atoms with van der Waals surface area (Å²) in [5, 5.41) is 9.67. The van der Waals surface area contributed by atoms with Crippen LogP contribution in [-0.2, 0) is 18.0 Å². The first-order chi connectivity index (χ1) is 17.1. The van der Waals surface area contributed by atoms with Gasteiger partial charge in [0.15, 0.2) is 0 Å². The number of aryl methyl sites for hydroxylation is 1. The molecular formula is C24H23BrF3N5O3. The first-order valence-corrected chi connectivity index (χ1v) is 11.8. The molecule has 2 heterocycles. The van der Waals surface area contributed by atoms with E-state index in [-0.39, 0.29) is 11.5 Å². The van der Waals surface area contributed by atoms with Crippen molar-refractivity contribution in [2.45, 2.75) is 6.18 Å². The Hall–Kier alpha value is -3.38. The SMILES string of the molecule is Cn1ncc(Br)c1-c1cc(NC(=O)c2cccc(C(F)(F)F)c2)ccc1OCCN1CCNC(=O)C1. The maximum atomic E-state index is 13.0. The molecule has 0 atom stereocenters. The van der Waals surface area contributed by atoms with Crippen molar-refractivity contribution >= 4 is 33.4 Å². The number of ether oxygens (including phenoxy) is 1. The lowest BCUT2D eigenvalue weighted by molar-refractivity contribution is -0.137. The monoisotopic (exact) mass is 565 g/mol. The van der Waals surface area contributed by atoms with E-state index in [1.54, 1.807) is 36.1 Å². The standard InChI is InChI=1S/C24H23BrF3N5O3/c1-32-22(19(25)13-30-32)18-12-17(31-23(35)15-3-2-4-16(11-15)24(26,27)28)5-6-20(18)36-10-9-33-8-7-29-21(34)14-33/h2-6,11-13H,7-10,14H2,1H3,(H,29,34)(H,31,35). The van der Waals surface area contributed by atoms with Gasteiger partial charge < -0.3 is 15.4 Å². The molecule has 1 aliphatic rings. The van der Waals surface area contributed by atoms with E-state index in [1.165, 1.54) is 12.1 Å². The van der Waals surface area contributed by atoms with Crippen molar-refractivity contribution in [3.63, 3.8) is 0 Å². The second-order valence-corrected chi connectivity index (χ2v) is 9.04. The Morgan fingerprint density at radius 2 is 2.06 bits per heavy atom. The van der Waals surface area contributed by atoms with E-state index >= 15 is 0 Å². The fraction of sp³-hybridized carbons (Fsp3) is 0.292. The highest BCUT2D eigenvalue weighted by atomic mass is 79.9. The van der Waals surface area contributed by atoms with Gasteiger partial charge in [-0.15, -0.1) is 0 Å². The number of nitrogens with zero attached hydrogens (tertiary/aromatic N) is 3. The lowest BCUT2D eigenvalue weighted by Crippen LogP contribution is -2.48. The summed E-state index contributed by atoms with van der Waals surface area (Å²) in [7, 11) is 1.75. The predicted molar refractivity (Wildman–Crippen MR) is 131 cm³/mol. The lowest BCUT2D eigenvalue weighted by Gasteiger charge is -2.26. The fourth-order valence-corrected chi connectivity index (χ4v) is 4.40. The number of halogens is 4. The quantitative estimate of drug-likeness (QED) is 0.453. The molecule has 0 aliphatic carbocycles. The second kappa shape index (κ2) is 10.7. The number of rotatable bonds is 7. The Kier molecular flexibility index (Phi) is 7.65. The zero-order valence-corrected chi connectivity index (χ0v) is 20.8. The highest BCUT2D eigenvalue weighted by molar-refractivity contribution is 9.10. The zero-order valence-electron chi connectivity index (χ0n) is 19.2. The Morgan fingerprint density at radius 1 is 1.25 bits per heavy atom. The van der Waals surface area contributed by atoms with Crippen LogP contribution in [0.2, 0.25) is 0 Å². The minimum atomic E-state index is -4.55. The zero-order chi connectivity index (χ0) is 25.9. The van der Waals surface area contributed by atoms with Crippen molar-refractivity contribution in [1.29, 1.82) is 0 Å². The van der Waals surface area contributed by atoms with Crippen molar-refractivity contribution < 1.29 is 27.5 Å². The molecule has 4 rings (SSSR count). The first-order valence-electron chi connectivity index (χ1n) is 11.0. The van der Waals surface area contributed by atoms with Crippen LogP contribution in [0.5, 0.6) is 5.75 Å². The summed E-state index contributed by atoms with van der Waals surface area (Å²) >= 11 is 3.48. The molecule has 190 valence electrons. The van der Waals surface area contributed by atoms with E-state index in [9.17, 15) is 22.8 Å². The van der Waals surface area contributed by atoms with Gasteiger partial charge in [-0.3, -0.25) is 19.2 Å². The molecule has 36 heavy (non-hydrogen) atoms. The molecule has 1 aliphatic heterocycles. The van der Waals surface area contributed by atoms with Gasteiger partial charge in [0.25, 0.3) is 5.91 Å². The Balaban J connectivity index is 1.55. The van der Waals surface area contributed by atoms with Crippen LogP contribution in [0.25, 0.3) is 11.3 Å². The maximum absolute atomic E-state index is 13.0. The number of amides is 2. The van der Waals surface area contributed by atoms with Gasteiger partial charge in [0.2, 0.25) is 5.91 Å².